The highest BCUT2D eigenvalue weighted by Crippen LogP contribution is 2.27. The Hall–Kier alpha value is -3.34. The van der Waals surface area contributed by atoms with Crippen LogP contribution in [-0.2, 0) is 14.3 Å². The fourth-order valence-corrected chi connectivity index (χ4v) is 2.91. The van der Waals surface area contributed by atoms with Crippen molar-refractivity contribution in [2.24, 2.45) is 5.92 Å². The fourth-order valence-electron chi connectivity index (χ4n) is 2.91. The number of carbonyl (C=O) groups is 2. The molecule has 29 heavy (non-hydrogen) atoms. The molecule has 0 aliphatic heterocycles. The number of methoxy groups -OCH3 is 1. The summed E-state index contributed by atoms with van der Waals surface area (Å²) < 4.78 is 9.73. The average Bonchev–Trinajstić information content (AvgIpc) is 2.76. The Bertz CT molecular complexity index is 828. The van der Waals surface area contributed by atoms with E-state index in [9.17, 15) is 9.59 Å². The number of amides is 1. The van der Waals surface area contributed by atoms with Gasteiger partial charge in [-0.2, -0.15) is 0 Å². The van der Waals surface area contributed by atoms with Crippen LogP contribution in [0.4, 0.5) is 4.79 Å². The van der Waals surface area contributed by atoms with E-state index in [1.54, 1.807) is 6.08 Å². The zero-order valence-corrected chi connectivity index (χ0v) is 16.8. The minimum Gasteiger partial charge on any atom is -0.469 e. The second-order valence-electron chi connectivity index (χ2n) is 6.56. The Kier molecular flexibility index (Phi) is 8.70. The van der Waals surface area contributed by atoms with E-state index in [0.717, 1.165) is 16.7 Å². The number of hydrogen-bond acceptors (Lipinski definition) is 4. The number of nitrogens with one attached hydrogen (secondary N) is 1. The molecule has 0 aliphatic carbocycles. The molecular weight excluding hydrogens is 366 g/mol. The van der Waals surface area contributed by atoms with Gasteiger partial charge >= 0.3 is 12.1 Å². The normalized spacial score (nSPS) is 12.8. The Morgan fingerprint density at radius 3 is 2.34 bits per heavy atom. The number of alkyl carbamates (subject to hydrolysis) is 1. The first-order valence-electron chi connectivity index (χ1n) is 9.48. The molecule has 2 atom stereocenters. The Labute approximate surface area is 172 Å². The smallest absolute Gasteiger partial charge is 0.407 e. The second-order valence-corrected chi connectivity index (χ2v) is 6.56. The van der Waals surface area contributed by atoms with Gasteiger partial charge in [-0.15, -0.1) is 0 Å². The summed E-state index contributed by atoms with van der Waals surface area (Å²) in [6, 6.07) is 17.8. The van der Waals surface area contributed by atoms with Crippen molar-refractivity contribution in [3.05, 3.63) is 85.0 Å². The summed E-state index contributed by atoms with van der Waals surface area (Å²) in [5.74, 6) is -0.380. The highest BCUT2D eigenvalue weighted by molar-refractivity contribution is 5.71. The van der Waals surface area contributed by atoms with Gasteiger partial charge in [0.25, 0.3) is 0 Å². The highest BCUT2D eigenvalue weighted by atomic mass is 16.5. The van der Waals surface area contributed by atoms with Crippen LogP contribution in [0.5, 0.6) is 0 Å². The van der Waals surface area contributed by atoms with Crippen LogP contribution in [0.15, 0.2) is 79.4 Å². The lowest BCUT2D eigenvalue weighted by atomic mass is 9.92. The van der Waals surface area contributed by atoms with Gasteiger partial charge in [-0.3, -0.25) is 4.79 Å². The van der Waals surface area contributed by atoms with Gasteiger partial charge in [0.15, 0.2) is 0 Å². The van der Waals surface area contributed by atoms with Crippen LogP contribution in [-0.4, -0.2) is 25.8 Å². The first-order chi connectivity index (χ1) is 14.0. The minimum atomic E-state index is -0.518. The van der Waals surface area contributed by atoms with Gasteiger partial charge in [0.2, 0.25) is 0 Å². The molecule has 0 spiro atoms. The van der Waals surface area contributed by atoms with E-state index in [2.05, 4.69) is 28.8 Å². The standard InChI is InChI=1S/C24H27NO4/c1-4-17-29-24(27)25-23(18(2)9-8-12-22(26)28-3)21-15-13-20(14-16-21)19-10-6-5-7-11-19/h4-11,13-16,18,23H,1,12,17H2,2-3H3,(H,25,27). The molecule has 2 aromatic rings. The first-order valence-corrected chi connectivity index (χ1v) is 9.48. The van der Waals surface area contributed by atoms with Crippen molar-refractivity contribution in [3.8, 4) is 11.1 Å². The zero-order valence-electron chi connectivity index (χ0n) is 16.8. The molecule has 0 radical (unpaired) electrons. The van der Waals surface area contributed by atoms with Crippen LogP contribution >= 0.6 is 0 Å². The van der Waals surface area contributed by atoms with E-state index in [1.165, 1.54) is 13.2 Å². The Morgan fingerprint density at radius 2 is 1.72 bits per heavy atom. The molecule has 2 rings (SSSR count). The summed E-state index contributed by atoms with van der Waals surface area (Å²) in [7, 11) is 1.36. The number of benzene rings is 2. The number of rotatable bonds is 9. The van der Waals surface area contributed by atoms with Gasteiger partial charge in [0.05, 0.1) is 19.6 Å². The van der Waals surface area contributed by atoms with Crippen molar-refractivity contribution in [1.82, 2.24) is 5.32 Å². The van der Waals surface area contributed by atoms with Crippen molar-refractivity contribution in [2.75, 3.05) is 13.7 Å². The maximum atomic E-state index is 12.1. The van der Waals surface area contributed by atoms with Crippen LogP contribution in [0, 0.1) is 5.92 Å². The molecule has 1 amide bonds. The van der Waals surface area contributed by atoms with E-state index in [4.69, 9.17) is 4.74 Å². The van der Waals surface area contributed by atoms with Crippen molar-refractivity contribution in [3.63, 3.8) is 0 Å². The van der Waals surface area contributed by atoms with Gasteiger partial charge in [0.1, 0.15) is 6.61 Å². The molecule has 0 saturated carbocycles. The van der Waals surface area contributed by atoms with Gasteiger partial charge in [-0.1, -0.05) is 86.3 Å². The van der Waals surface area contributed by atoms with Crippen molar-refractivity contribution >= 4 is 12.1 Å². The van der Waals surface area contributed by atoms with E-state index >= 15 is 0 Å². The lowest BCUT2D eigenvalue weighted by Crippen LogP contribution is -2.32. The highest BCUT2D eigenvalue weighted by Gasteiger charge is 2.20. The molecule has 152 valence electrons. The van der Waals surface area contributed by atoms with Gasteiger partial charge in [0, 0.05) is 0 Å². The van der Waals surface area contributed by atoms with Gasteiger partial charge < -0.3 is 14.8 Å². The van der Waals surface area contributed by atoms with Crippen molar-refractivity contribution in [1.29, 1.82) is 0 Å². The number of carbonyl (C=O) groups excluding carboxylic acids is 2. The lowest BCUT2D eigenvalue weighted by molar-refractivity contribution is -0.139. The van der Waals surface area contributed by atoms with Crippen LogP contribution in [0.1, 0.15) is 24.9 Å². The van der Waals surface area contributed by atoms with E-state index in [0.29, 0.717) is 0 Å². The van der Waals surface area contributed by atoms with Crippen molar-refractivity contribution in [2.45, 2.75) is 19.4 Å². The molecule has 0 aliphatic rings. The number of esters is 1. The topological polar surface area (TPSA) is 64.6 Å². The first kappa shape index (κ1) is 22.0. The lowest BCUT2D eigenvalue weighted by Gasteiger charge is -2.23. The molecular formula is C24H27NO4. The summed E-state index contributed by atoms with van der Waals surface area (Å²) in [5, 5.41) is 2.90. The number of ether oxygens (including phenoxy) is 2. The van der Waals surface area contributed by atoms with Crippen LogP contribution in [0.3, 0.4) is 0 Å². The molecule has 5 nitrogen and oxygen atoms in total. The average molecular weight is 393 g/mol. The third-order valence-electron chi connectivity index (χ3n) is 4.46. The largest absolute Gasteiger partial charge is 0.469 e. The Morgan fingerprint density at radius 1 is 1.07 bits per heavy atom. The fraction of sp³-hybridized carbons (Fsp3) is 0.250. The SMILES string of the molecule is C=CCOC(=O)NC(c1ccc(-c2ccccc2)cc1)C(C)C=CCC(=O)OC. The van der Waals surface area contributed by atoms with E-state index in [-0.39, 0.29) is 31.0 Å². The molecule has 5 heteroatoms. The molecule has 0 aromatic heterocycles. The van der Waals surface area contributed by atoms with Crippen LogP contribution in [0.2, 0.25) is 0 Å². The van der Waals surface area contributed by atoms with Crippen LogP contribution in [0.25, 0.3) is 11.1 Å². The summed E-state index contributed by atoms with van der Waals surface area (Å²) in [6.07, 6.45) is 4.82. The quantitative estimate of drug-likeness (QED) is 0.478. The summed E-state index contributed by atoms with van der Waals surface area (Å²) in [4.78, 5) is 23.5. The van der Waals surface area contributed by atoms with E-state index in [1.807, 2.05) is 55.5 Å². The predicted molar refractivity (Wildman–Crippen MR) is 114 cm³/mol. The third-order valence-corrected chi connectivity index (χ3v) is 4.46. The molecule has 0 heterocycles. The van der Waals surface area contributed by atoms with Crippen LogP contribution < -0.4 is 5.32 Å². The van der Waals surface area contributed by atoms with Crippen molar-refractivity contribution < 1.29 is 19.1 Å². The summed E-state index contributed by atoms with van der Waals surface area (Å²) >= 11 is 0. The predicted octanol–water partition coefficient (Wildman–Crippen LogP) is 5.06. The molecule has 1 N–H and O–H groups in total. The Balaban J connectivity index is 2.20. The molecule has 2 aromatic carbocycles. The van der Waals surface area contributed by atoms with Gasteiger partial charge in [-0.25, -0.2) is 4.79 Å². The molecule has 0 saturated heterocycles. The van der Waals surface area contributed by atoms with E-state index < -0.39 is 6.09 Å². The molecule has 2 unspecified atom stereocenters. The molecule has 0 bridgehead atoms. The minimum absolute atomic E-state index is 0.0708. The summed E-state index contributed by atoms with van der Waals surface area (Å²) in [6.45, 7) is 5.66. The third kappa shape index (κ3) is 6.96. The second kappa shape index (κ2) is 11.5. The summed E-state index contributed by atoms with van der Waals surface area (Å²) in [5.41, 5.74) is 3.16. The monoisotopic (exact) mass is 393 g/mol. The zero-order chi connectivity index (χ0) is 21.1. The number of hydrogen-bond donors (Lipinski definition) is 1. The van der Waals surface area contributed by atoms with Gasteiger partial charge in [-0.05, 0) is 22.6 Å². The maximum Gasteiger partial charge on any atom is 0.407 e. The maximum absolute atomic E-state index is 12.1. The molecule has 0 fully saturated rings.